The van der Waals surface area contributed by atoms with E-state index in [1.54, 1.807) is 19.0 Å². The van der Waals surface area contributed by atoms with Crippen LogP contribution < -0.4 is 0 Å². The van der Waals surface area contributed by atoms with Crippen LogP contribution in [0.4, 0.5) is 4.79 Å². The molecule has 138 valence electrons. The molecule has 7 heteroatoms. The van der Waals surface area contributed by atoms with E-state index in [0.717, 1.165) is 32.4 Å². The summed E-state index contributed by atoms with van der Waals surface area (Å²) in [6.45, 7) is 1.44. The third-order valence-electron chi connectivity index (χ3n) is 6.53. The zero-order valence-electron chi connectivity index (χ0n) is 15.4. The summed E-state index contributed by atoms with van der Waals surface area (Å²) in [5.74, 6) is 1.01. The summed E-state index contributed by atoms with van der Waals surface area (Å²) in [5.41, 5.74) is 8.29. The first kappa shape index (κ1) is 18.1. The molecule has 0 spiro atoms. The molecule has 3 aliphatic rings. The van der Waals surface area contributed by atoms with Crippen molar-refractivity contribution >= 4 is 11.9 Å². The molecular weight excluding hydrogens is 318 g/mol. The van der Waals surface area contributed by atoms with Crippen molar-refractivity contribution in [1.82, 2.24) is 9.80 Å². The average molecular weight is 347 g/mol. The van der Waals surface area contributed by atoms with Crippen molar-refractivity contribution in [2.45, 2.75) is 51.4 Å². The molecule has 0 aromatic rings. The number of likely N-dealkylation sites (tertiary alicyclic amines) is 1. The van der Waals surface area contributed by atoms with Gasteiger partial charge in [0, 0.05) is 37.5 Å². The summed E-state index contributed by atoms with van der Waals surface area (Å²) in [6, 6.07) is 0.0497. The predicted molar refractivity (Wildman–Crippen MR) is 94.6 cm³/mol. The molecular formula is C18H29N5O2. The standard InChI is InChI=1S/C18H29N5O2/c1-22(2)17(25)23-11-14-9-18(10-15(14)12-23,16(24)20-21-19)8-13-6-4-3-5-7-13/h13-15H,3-12H2,1-2H3/t14-,15+,18?. The largest absolute Gasteiger partial charge is 0.331 e. The lowest BCUT2D eigenvalue weighted by Crippen LogP contribution is -2.39. The van der Waals surface area contributed by atoms with Crippen LogP contribution in [0, 0.1) is 23.2 Å². The molecule has 1 heterocycles. The fourth-order valence-corrected chi connectivity index (χ4v) is 5.45. The Morgan fingerprint density at radius 2 is 1.76 bits per heavy atom. The fourth-order valence-electron chi connectivity index (χ4n) is 5.45. The molecule has 0 N–H and O–H groups in total. The number of urea groups is 1. The molecule has 0 aromatic heterocycles. The zero-order chi connectivity index (χ0) is 18.0. The van der Waals surface area contributed by atoms with Gasteiger partial charge in [-0.05, 0) is 47.7 Å². The Morgan fingerprint density at radius 3 is 2.28 bits per heavy atom. The Bertz CT molecular complexity index is 564. The van der Waals surface area contributed by atoms with Gasteiger partial charge in [0.25, 0.3) is 0 Å². The van der Waals surface area contributed by atoms with Crippen LogP contribution in [0.3, 0.4) is 0 Å². The van der Waals surface area contributed by atoms with Crippen LogP contribution in [-0.4, -0.2) is 48.9 Å². The van der Waals surface area contributed by atoms with Crippen molar-refractivity contribution in [1.29, 1.82) is 0 Å². The molecule has 2 saturated carbocycles. The summed E-state index contributed by atoms with van der Waals surface area (Å²) in [6.07, 6.45) is 8.55. The minimum Gasteiger partial charge on any atom is -0.331 e. The van der Waals surface area contributed by atoms with Crippen LogP contribution in [-0.2, 0) is 4.79 Å². The highest BCUT2D eigenvalue weighted by Crippen LogP contribution is 2.54. The first-order chi connectivity index (χ1) is 11.9. The highest BCUT2D eigenvalue weighted by molar-refractivity contribution is 5.84. The Kier molecular flexibility index (Phi) is 5.23. The van der Waals surface area contributed by atoms with Gasteiger partial charge in [-0.2, -0.15) is 0 Å². The van der Waals surface area contributed by atoms with Crippen LogP contribution >= 0.6 is 0 Å². The number of hydrogen-bond acceptors (Lipinski definition) is 2. The van der Waals surface area contributed by atoms with E-state index in [-0.39, 0.29) is 11.9 Å². The molecule has 0 bridgehead atoms. The van der Waals surface area contributed by atoms with Crippen molar-refractivity contribution in [2.24, 2.45) is 28.3 Å². The van der Waals surface area contributed by atoms with Crippen LogP contribution in [0.2, 0.25) is 0 Å². The van der Waals surface area contributed by atoms with Crippen molar-refractivity contribution < 1.29 is 9.59 Å². The summed E-state index contributed by atoms with van der Waals surface area (Å²) < 4.78 is 0. The average Bonchev–Trinajstić information content (AvgIpc) is 3.11. The second-order valence-corrected chi connectivity index (χ2v) is 8.49. The molecule has 3 rings (SSSR count). The normalized spacial score (nSPS) is 32.2. The first-order valence-corrected chi connectivity index (χ1v) is 9.51. The molecule has 1 aliphatic heterocycles. The first-order valence-electron chi connectivity index (χ1n) is 9.51. The van der Waals surface area contributed by atoms with E-state index in [0.29, 0.717) is 17.8 Å². The summed E-state index contributed by atoms with van der Waals surface area (Å²) in [7, 11) is 3.55. The highest BCUT2D eigenvalue weighted by Gasteiger charge is 2.53. The summed E-state index contributed by atoms with van der Waals surface area (Å²) in [5, 5.41) is 3.51. The maximum Gasteiger partial charge on any atom is 0.319 e. The number of rotatable bonds is 3. The smallest absolute Gasteiger partial charge is 0.319 e. The molecule has 0 radical (unpaired) electrons. The molecule has 7 nitrogen and oxygen atoms in total. The Balaban J connectivity index is 1.72. The van der Waals surface area contributed by atoms with Gasteiger partial charge < -0.3 is 9.80 Å². The number of nitrogens with zero attached hydrogens (tertiary/aromatic N) is 5. The lowest BCUT2D eigenvalue weighted by atomic mass is 9.72. The lowest BCUT2D eigenvalue weighted by molar-refractivity contribution is -0.129. The summed E-state index contributed by atoms with van der Waals surface area (Å²) in [4.78, 5) is 31.2. The zero-order valence-corrected chi connectivity index (χ0v) is 15.4. The lowest BCUT2D eigenvalue weighted by Gasteiger charge is -2.34. The molecule has 1 unspecified atom stereocenters. The number of azide groups is 1. The number of amides is 3. The van der Waals surface area contributed by atoms with E-state index in [9.17, 15) is 9.59 Å². The molecule has 3 fully saturated rings. The second-order valence-electron chi connectivity index (χ2n) is 8.49. The Hall–Kier alpha value is -1.75. The fraction of sp³-hybridized carbons (Fsp3) is 0.889. The van der Waals surface area contributed by atoms with Gasteiger partial charge in [0.05, 0.1) is 0 Å². The van der Waals surface area contributed by atoms with Gasteiger partial charge >= 0.3 is 6.03 Å². The Morgan fingerprint density at radius 1 is 1.16 bits per heavy atom. The van der Waals surface area contributed by atoms with Gasteiger partial charge in [-0.3, -0.25) is 4.79 Å². The van der Waals surface area contributed by atoms with E-state index < -0.39 is 5.41 Å². The van der Waals surface area contributed by atoms with E-state index >= 15 is 0 Å². The van der Waals surface area contributed by atoms with Gasteiger partial charge in [-0.25, -0.2) is 4.79 Å². The number of fused-ring (bicyclic) bond motifs is 1. The number of carbonyl (C=O) groups excluding carboxylic acids is 2. The van der Waals surface area contributed by atoms with Crippen LogP contribution in [0.1, 0.15) is 51.4 Å². The predicted octanol–water partition coefficient (Wildman–Crippen LogP) is 3.80. The SMILES string of the molecule is CN(C)C(=O)N1C[C@@H]2CC(CC3CCCCC3)(C(=O)N=[N+]=[N-])C[C@@H]2C1. The quantitative estimate of drug-likeness (QED) is 0.441. The van der Waals surface area contributed by atoms with Crippen LogP contribution in [0.25, 0.3) is 10.4 Å². The minimum absolute atomic E-state index is 0.0497. The molecule has 3 amide bonds. The minimum atomic E-state index is -0.489. The van der Waals surface area contributed by atoms with E-state index in [2.05, 4.69) is 10.0 Å². The van der Waals surface area contributed by atoms with Crippen molar-refractivity contribution in [3.63, 3.8) is 0 Å². The van der Waals surface area contributed by atoms with E-state index in [4.69, 9.17) is 5.53 Å². The summed E-state index contributed by atoms with van der Waals surface area (Å²) >= 11 is 0. The van der Waals surface area contributed by atoms with Crippen LogP contribution in [0.5, 0.6) is 0 Å². The number of carbonyl (C=O) groups is 2. The van der Waals surface area contributed by atoms with E-state index in [1.807, 2.05) is 4.90 Å². The van der Waals surface area contributed by atoms with Gasteiger partial charge in [0.1, 0.15) is 0 Å². The molecule has 2 aliphatic carbocycles. The second kappa shape index (κ2) is 7.24. The van der Waals surface area contributed by atoms with Gasteiger partial charge in [0.15, 0.2) is 0 Å². The Labute approximate surface area is 149 Å². The van der Waals surface area contributed by atoms with E-state index in [1.165, 1.54) is 32.1 Å². The third-order valence-corrected chi connectivity index (χ3v) is 6.53. The van der Waals surface area contributed by atoms with Gasteiger partial charge in [0.2, 0.25) is 5.91 Å². The third kappa shape index (κ3) is 3.61. The van der Waals surface area contributed by atoms with Gasteiger partial charge in [-0.15, -0.1) is 0 Å². The number of hydrogen-bond donors (Lipinski definition) is 0. The van der Waals surface area contributed by atoms with Crippen molar-refractivity contribution in [3.05, 3.63) is 10.4 Å². The molecule has 25 heavy (non-hydrogen) atoms. The van der Waals surface area contributed by atoms with Crippen LogP contribution in [0.15, 0.2) is 5.11 Å². The highest BCUT2D eigenvalue weighted by atomic mass is 16.2. The maximum absolute atomic E-state index is 12.7. The molecule has 3 atom stereocenters. The topological polar surface area (TPSA) is 89.4 Å². The van der Waals surface area contributed by atoms with Crippen molar-refractivity contribution in [2.75, 3.05) is 27.2 Å². The maximum atomic E-state index is 12.7. The molecule has 0 aromatic carbocycles. The monoisotopic (exact) mass is 347 g/mol. The van der Waals surface area contributed by atoms with Crippen molar-refractivity contribution in [3.8, 4) is 0 Å². The van der Waals surface area contributed by atoms with Gasteiger partial charge in [-0.1, -0.05) is 32.1 Å². The molecule has 1 saturated heterocycles.